The first-order valence-electron chi connectivity index (χ1n) is 12.4. The Kier molecular flexibility index (Phi) is 7.14. The molecule has 0 saturated heterocycles. The predicted molar refractivity (Wildman–Crippen MR) is 144 cm³/mol. The number of benzene rings is 4. The Morgan fingerprint density at radius 2 is 1.30 bits per heavy atom. The van der Waals surface area contributed by atoms with Crippen molar-refractivity contribution in [1.29, 1.82) is 0 Å². The van der Waals surface area contributed by atoms with Crippen molar-refractivity contribution in [3.05, 3.63) is 70.8 Å². The van der Waals surface area contributed by atoms with E-state index >= 15 is 0 Å². The van der Waals surface area contributed by atoms with E-state index in [9.17, 15) is 60.7 Å². The maximum Gasteiger partial charge on any atom is 0.347 e. The maximum atomic E-state index is 13.0. The second-order valence-electron chi connectivity index (χ2n) is 9.60. The van der Waals surface area contributed by atoms with Crippen LogP contribution in [0, 0.1) is 0 Å². The lowest BCUT2D eigenvalue weighted by Gasteiger charge is -2.34. The van der Waals surface area contributed by atoms with Crippen molar-refractivity contribution in [2.75, 3.05) is 0 Å². The SMILES string of the molecule is O=C(O[C@@H]1Cc2c(O)cc(O)cc2O[C@H]1c1cc(O)c(OC(=O)c2ccc(O)c(O)c2O)c(O)c1)c1cc(O)c(O)c(O)c1. The molecule has 0 saturated carbocycles. The second-order valence-corrected chi connectivity index (χ2v) is 9.60. The van der Waals surface area contributed by atoms with Crippen LogP contribution in [-0.2, 0) is 11.2 Å². The fraction of sp³-hybridized carbons (Fsp3) is 0.103. The summed E-state index contributed by atoms with van der Waals surface area (Å²) in [4.78, 5) is 25.6. The quantitative estimate of drug-likeness (QED) is 0.0884. The number of ether oxygens (including phenoxy) is 3. The topological polar surface area (TPSA) is 264 Å². The minimum atomic E-state index is -1.35. The molecule has 10 N–H and O–H groups in total. The van der Waals surface area contributed by atoms with Gasteiger partial charge in [0, 0.05) is 29.7 Å². The van der Waals surface area contributed by atoms with Gasteiger partial charge in [-0.1, -0.05) is 0 Å². The lowest BCUT2D eigenvalue weighted by atomic mass is 9.93. The fourth-order valence-corrected chi connectivity index (χ4v) is 4.53. The minimum Gasteiger partial charge on any atom is -0.508 e. The highest BCUT2D eigenvalue weighted by Crippen LogP contribution is 2.47. The molecule has 15 nitrogen and oxygen atoms in total. The summed E-state index contributed by atoms with van der Waals surface area (Å²) in [6.07, 6.45) is -2.92. The average Bonchev–Trinajstić information content (AvgIpc) is 2.96. The highest BCUT2D eigenvalue weighted by molar-refractivity contribution is 5.96. The highest BCUT2D eigenvalue weighted by atomic mass is 16.6. The Bertz CT molecular complexity index is 1780. The molecule has 1 heterocycles. The molecular formula is C29H22O15. The zero-order valence-corrected chi connectivity index (χ0v) is 22.0. The van der Waals surface area contributed by atoms with Crippen LogP contribution < -0.4 is 9.47 Å². The Hall–Kier alpha value is -6.38. The third-order valence-corrected chi connectivity index (χ3v) is 6.68. The summed E-state index contributed by atoms with van der Waals surface area (Å²) < 4.78 is 16.4. The number of phenols is 10. The van der Waals surface area contributed by atoms with Crippen LogP contribution >= 0.6 is 0 Å². The molecule has 2 atom stereocenters. The molecule has 0 aromatic heterocycles. The van der Waals surface area contributed by atoms with E-state index < -0.39 is 87.2 Å². The van der Waals surface area contributed by atoms with Gasteiger partial charge in [-0.05, 0) is 36.4 Å². The Labute approximate surface area is 245 Å². The van der Waals surface area contributed by atoms with E-state index in [0.29, 0.717) is 0 Å². The maximum absolute atomic E-state index is 13.0. The molecule has 0 unspecified atom stereocenters. The summed E-state index contributed by atoms with van der Waals surface area (Å²) >= 11 is 0. The van der Waals surface area contributed by atoms with Crippen LogP contribution in [0.15, 0.2) is 48.5 Å². The molecule has 44 heavy (non-hydrogen) atoms. The van der Waals surface area contributed by atoms with Gasteiger partial charge in [-0.2, -0.15) is 0 Å². The molecule has 228 valence electrons. The van der Waals surface area contributed by atoms with Crippen molar-refractivity contribution in [1.82, 2.24) is 0 Å². The van der Waals surface area contributed by atoms with E-state index in [-0.39, 0.29) is 34.6 Å². The first-order chi connectivity index (χ1) is 20.7. The van der Waals surface area contributed by atoms with Gasteiger partial charge in [0.2, 0.25) is 11.5 Å². The number of phenolic OH excluding ortho intramolecular Hbond substituents is 10. The average molecular weight is 610 g/mol. The van der Waals surface area contributed by atoms with Crippen LogP contribution in [0.3, 0.4) is 0 Å². The third-order valence-electron chi connectivity index (χ3n) is 6.68. The number of rotatable bonds is 5. The lowest BCUT2D eigenvalue weighted by molar-refractivity contribution is -0.0189. The second kappa shape index (κ2) is 10.8. The number of carbonyl (C=O) groups is 2. The molecule has 0 bridgehead atoms. The van der Waals surface area contributed by atoms with E-state index in [1.807, 2.05) is 0 Å². The van der Waals surface area contributed by atoms with Gasteiger partial charge in [0.05, 0.1) is 5.56 Å². The summed E-state index contributed by atoms with van der Waals surface area (Å²) in [6, 6.07) is 7.60. The van der Waals surface area contributed by atoms with Crippen molar-refractivity contribution in [3.63, 3.8) is 0 Å². The molecule has 1 aliphatic rings. The van der Waals surface area contributed by atoms with Gasteiger partial charge >= 0.3 is 11.9 Å². The van der Waals surface area contributed by atoms with E-state index in [1.165, 1.54) is 0 Å². The number of carbonyl (C=O) groups excluding carboxylic acids is 2. The molecule has 0 amide bonds. The van der Waals surface area contributed by atoms with Crippen molar-refractivity contribution in [3.8, 4) is 69.0 Å². The largest absolute Gasteiger partial charge is 0.508 e. The third kappa shape index (κ3) is 5.20. The first kappa shape index (κ1) is 29.1. The molecule has 0 fully saturated rings. The molecule has 15 heteroatoms. The summed E-state index contributed by atoms with van der Waals surface area (Å²) in [6.45, 7) is 0. The molecule has 4 aromatic carbocycles. The van der Waals surface area contributed by atoms with Crippen LogP contribution in [0.5, 0.6) is 69.0 Å². The summed E-state index contributed by atoms with van der Waals surface area (Å²) in [5.41, 5.74) is -0.946. The summed E-state index contributed by atoms with van der Waals surface area (Å²) in [5, 5.41) is 99.9. The Balaban J connectivity index is 1.49. The zero-order valence-electron chi connectivity index (χ0n) is 22.0. The van der Waals surface area contributed by atoms with Crippen molar-refractivity contribution in [2.45, 2.75) is 18.6 Å². The zero-order chi connectivity index (χ0) is 32.0. The number of hydrogen-bond donors (Lipinski definition) is 10. The van der Waals surface area contributed by atoms with Gasteiger partial charge in [-0.15, -0.1) is 0 Å². The van der Waals surface area contributed by atoms with Crippen LogP contribution in [0.1, 0.15) is 37.9 Å². The summed E-state index contributed by atoms with van der Waals surface area (Å²) in [5.74, 6) is -11.0. The smallest absolute Gasteiger partial charge is 0.347 e. The highest BCUT2D eigenvalue weighted by Gasteiger charge is 2.38. The number of fused-ring (bicyclic) bond motifs is 1. The van der Waals surface area contributed by atoms with Gasteiger partial charge in [0.15, 0.2) is 46.4 Å². The van der Waals surface area contributed by atoms with Crippen LogP contribution in [0.25, 0.3) is 0 Å². The number of esters is 2. The van der Waals surface area contributed by atoms with Crippen LogP contribution in [0.4, 0.5) is 0 Å². The molecule has 5 rings (SSSR count). The molecular weight excluding hydrogens is 588 g/mol. The van der Waals surface area contributed by atoms with Crippen molar-refractivity contribution in [2.24, 2.45) is 0 Å². The number of aromatic hydroxyl groups is 10. The van der Waals surface area contributed by atoms with E-state index in [4.69, 9.17) is 14.2 Å². The van der Waals surface area contributed by atoms with E-state index in [1.54, 1.807) is 0 Å². The number of hydrogen-bond acceptors (Lipinski definition) is 15. The van der Waals surface area contributed by atoms with Gasteiger partial charge in [0.25, 0.3) is 0 Å². The molecule has 0 radical (unpaired) electrons. The van der Waals surface area contributed by atoms with E-state index in [0.717, 1.165) is 48.5 Å². The van der Waals surface area contributed by atoms with Crippen LogP contribution in [-0.4, -0.2) is 69.1 Å². The van der Waals surface area contributed by atoms with Gasteiger partial charge < -0.3 is 65.3 Å². The molecule has 1 aliphatic heterocycles. The Morgan fingerprint density at radius 1 is 0.659 bits per heavy atom. The van der Waals surface area contributed by atoms with Crippen LogP contribution in [0.2, 0.25) is 0 Å². The normalized spacial score (nSPS) is 15.5. The predicted octanol–water partition coefficient (Wildman–Crippen LogP) is 2.86. The molecule has 4 aromatic rings. The standard InChI is InChI=1S/C29H22O15/c30-12-7-16(32)14-9-22(43-28(40)11-5-17(33)24(38)18(34)6-11)26(42-21(14)8-12)10-3-19(35)27(20(36)4-10)44-29(41)13-1-2-15(31)25(39)23(13)37/h1-8,22,26,30-39H,9H2/t22-,26+/m1/s1. The molecule has 0 spiro atoms. The van der Waals surface area contributed by atoms with E-state index in [2.05, 4.69) is 0 Å². The van der Waals surface area contributed by atoms with Gasteiger partial charge in [0.1, 0.15) is 28.9 Å². The Morgan fingerprint density at radius 3 is 1.93 bits per heavy atom. The lowest BCUT2D eigenvalue weighted by Crippen LogP contribution is -2.34. The first-order valence-corrected chi connectivity index (χ1v) is 12.4. The fourth-order valence-electron chi connectivity index (χ4n) is 4.53. The summed E-state index contributed by atoms with van der Waals surface area (Å²) in [7, 11) is 0. The minimum absolute atomic E-state index is 0.0446. The van der Waals surface area contributed by atoms with Gasteiger partial charge in [-0.25, -0.2) is 9.59 Å². The van der Waals surface area contributed by atoms with Gasteiger partial charge in [-0.3, -0.25) is 0 Å². The molecule has 0 aliphatic carbocycles. The monoisotopic (exact) mass is 610 g/mol. The van der Waals surface area contributed by atoms with Crippen molar-refractivity contribution >= 4 is 11.9 Å². The van der Waals surface area contributed by atoms with Crippen molar-refractivity contribution < 1.29 is 74.9 Å².